The minimum atomic E-state index is -3.55. The Balaban J connectivity index is 1.96. The fourth-order valence-corrected chi connectivity index (χ4v) is 5.10. The molecule has 0 unspecified atom stereocenters. The van der Waals surface area contributed by atoms with Crippen LogP contribution in [0.1, 0.15) is 11.1 Å². The maximum atomic E-state index is 13.2. The van der Waals surface area contributed by atoms with Crippen LogP contribution in [0.5, 0.6) is 0 Å². The van der Waals surface area contributed by atoms with Gasteiger partial charge < -0.3 is 0 Å². The van der Waals surface area contributed by atoms with E-state index in [9.17, 15) is 8.42 Å². The van der Waals surface area contributed by atoms with E-state index in [1.165, 1.54) is 11.8 Å². The second-order valence-electron chi connectivity index (χ2n) is 5.94. The van der Waals surface area contributed by atoms with Gasteiger partial charge in [-0.2, -0.15) is 0 Å². The number of thioether (sulfide) groups is 1. The highest BCUT2D eigenvalue weighted by Gasteiger charge is 2.21. The number of benzene rings is 3. The maximum absolute atomic E-state index is 13.2. The summed E-state index contributed by atoms with van der Waals surface area (Å²) in [5.74, 6) is 0.384. The monoisotopic (exact) mass is 380 g/mol. The average Bonchev–Trinajstić information content (AvgIpc) is 2.67. The molecule has 0 spiro atoms. The number of aryl methyl sites for hydroxylation is 1. The molecule has 0 heterocycles. The second-order valence-corrected chi connectivity index (χ2v) is 8.99. The molecule has 0 N–H and O–H groups in total. The van der Waals surface area contributed by atoms with Crippen molar-refractivity contribution in [3.63, 3.8) is 0 Å². The van der Waals surface area contributed by atoms with Gasteiger partial charge in [-0.1, -0.05) is 66.2 Å². The van der Waals surface area contributed by atoms with E-state index in [1.54, 1.807) is 18.2 Å². The zero-order chi connectivity index (χ0) is 18.4. The van der Waals surface area contributed by atoms with Crippen molar-refractivity contribution in [1.29, 1.82) is 0 Å². The van der Waals surface area contributed by atoms with Gasteiger partial charge in [0.25, 0.3) is 0 Å². The van der Waals surface area contributed by atoms with Crippen LogP contribution >= 0.6 is 11.8 Å². The molecule has 0 bridgehead atoms. The summed E-state index contributed by atoms with van der Waals surface area (Å²) in [7, 11) is -3.55. The zero-order valence-electron chi connectivity index (χ0n) is 14.5. The van der Waals surface area contributed by atoms with Gasteiger partial charge in [-0.15, -0.1) is 11.8 Å². The lowest BCUT2D eigenvalue weighted by molar-refractivity contribution is 0.602. The fourth-order valence-electron chi connectivity index (χ4n) is 2.47. The summed E-state index contributed by atoms with van der Waals surface area (Å²) in [5, 5.41) is 0. The lowest BCUT2D eigenvalue weighted by Crippen LogP contribution is -2.07. The van der Waals surface area contributed by atoms with Crippen LogP contribution in [0.3, 0.4) is 0 Å². The Morgan fingerprint density at radius 2 is 1.42 bits per heavy atom. The molecule has 0 aliphatic heterocycles. The van der Waals surface area contributed by atoms with Crippen LogP contribution in [0.25, 0.3) is 6.08 Å². The third-order valence-corrected chi connectivity index (χ3v) is 7.02. The van der Waals surface area contributed by atoms with Crippen molar-refractivity contribution in [2.24, 2.45) is 0 Å². The highest BCUT2D eigenvalue weighted by Crippen LogP contribution is 2.28. The van der Waals surface area contributed by atoms with Crippen LogP contribution in [-0.4, -0.2) is 14.2 Å². The van der Waals surface area contributed by atoms with E-state index >= 15 is 0 Å². The SMILES string of the molecule is Cc1ccc(S(=O)(=O)/C(=C/c2ccccc2)CSc2ccccc2)cc1. The summed E-state index contributed by atoms with van der Waals surface area (Å²) < 4.78 is 26.4. The zero-order valence-corrected chi connectivity index (χ0v) is 16.1. The van der Waals surface area contributed by atoms with Crippen LogP contribution in [-0.2, 0) is 9.84 Å². The maximum Gasteiger partial charge on any atom is 0.203 e. The molecule has 3 aromatic carbocycles. The van der Waals surface area contributed by atoms with E-state index in [2.05, 4.69) is 0 Å². The summed E-state index contributed by atoms with van der Waals surface area (Å²) in [6.45, 7) is 1.95. The molecule has 0 fully saturated rings. The van der Waals surface area contributed by atoms with Crippen LogP contribution < -0.4 is 0 Å². The van der Waals surface area contributed by atoms with Gasteiger partial charge >= 0.3 is 0 Å². The van der Waals surface area contributed by atoms with E-state index in [0.717, 1.165) is 16.0 Å². The largest absolute Gasteiger partial charge is 0.219 e. The molecule has 0 aliphatic carbocycles. The Bertz CT molecular complexity index is 975. The Labute approximate surface area is 159 Å². The first kappa shape index (κ1) is 18.5. The van der Waals surface area contributed by atoms with Crippen molar-refractivity contribution < 1.29 is 8.42 Å². The van der Waals surface area contributed by atoms with Crippen molar-refractivity contribution >= 4 is 27.7 Å². The van der Waals surface area contributed by atoms with Gasteiger partial charge in [-0.05, 0) is 42.8 Å². The second kappa shape index (κ2) is 8.39. The van der Waals surface area contributed by atoms with Gasteiger partial charge in [0.2, 0.25) is 9.84 Å². The first-order chi connectivity index (χ1) is 12.6. The molecule has 2 nitrogen and oxygen atoms in total. The molecule has 3 rings (SSSR count). The van der Waals surface area contributed by atoms with Crippen LogP contribution in [0, 0.1) is 6.92 Å². The van der Waals surface area contributed by atoms with E-state index in [-0.39, 0.29) is 0 Å². The van der Waals surface area contributed by atoms with Gasteiger partial charge in [-0.3, -0.25) is 0 Å². The Morgan fingerprint density at radius 1 is 0.846 bits per heavy atom. The third kappa shape index (κ3) is 4.65. The van der Waals surface area contributed by atoms with Gasteiger partial charge in [0.15, 0.2) is 0 Å². The topological polar surface area (TPSA) is 34.1 Å². The van der Waals surface area contributed by atoms with E-state index < -0.39 is 9.84 Å². The van der Waals surface area contributed by atoms with Crippen molar-refractivity contribution in [1.82, 2.24) is 0 Å². The predicted octanol–water partition coefficient (Wildman–Crippen LogP) is 5.60. The Hall–Kier alpha value is -2.30. The molecule has 0 aromatic heterocycles. The minimum Gasteiger partial charge on any atom is -0.219 e. The quantitative estimate of drug-likeness (QED) is 0.522. The highest BCUT2D eigenvalue weighted by molar-refractivity contribution is 8.02. The summed E-state index contributed by atoms with van der Waals surface area (Å²) in [5.41, 5.74) is 1.92. The number of hydrogen-bond donors (Lipinski definition) is 0. The van der Waals surface area contributed by atoms with E-state index in [0.29, 0.717) is 15.6 Å². The van der Waals surface area contributed by atoms with Crippen LogP contribution in [0.2, 0.25) is 0 Å². The smallest absolute Gasteiger partial charge is 0.203 e. The molecule has 4 heteroatoms. The molecule has 0 saturated carbocycles. The fraction of sp³-hybridized carbons (Fsp3) is 0.0909. The van der Waals surface area contributed by atoms with Crippen molar-refractivity contribution in [3.8, 4) is 0 Å². The first-order valence-corrected chi connectivity index (χ1v) is 10.8. The van der Waals surface area contributed by atoms with Crippen molar-refractivity contribution in [3.05, 3.63) is 101 Å². The molecule has 26 heavy (non-hydrogen) atoms. The molecule has 0 saturated heterocycles. The molecular weight excluding hydrogens is 360 g/mol. The lowest BCUT2D eigenvalue weighted by atomic mass is 10.2. The predicted molar refractivity (Wildman–Crippen MR) is 110 cm³/mol. The molecule has 0 atom stereocenters. The van der Waals surface area contributed by atoms with Gasteiger partial charge in [-0.25, -0.2) is 8.42 Å². The lowest BCUT2D eigenvalue weighted by Gasteiger charge is -2.10. The standard InChI is InChI=1S/C22H20O2S2/c1-18-12-14-21(15-13-18)26(23,24)22(16-19-8-4-2-5-9-19)17-25-20-10-6-3-7-11-20/h2-16H,17H2,1H3/b22-16+. The summed E-state index contributed by atoms with van der Waals surface area (Å²) in [4.78, 5) is 1.78. The average molecular weight is 381 g/mol. The first-order valence-electron chi connectivity index (χ1n) is 8.31. The molecule has 0 amide bonds. The van der Waals surface area contributed by atoms with Gasteiger partial charge in [0, 0.05) is 10.6 Å². The van der Waals surface area contributed by atoms with Crippen LogP contribution in [0.15, 0.2) is 99.6 Å². The van der Waals surface area contributed by atoms with Crippen molar-refractivity contribution in [2.75, 3.05) is 5.75 Å². The van der Waals surface area contributed by atoms with E-state index in [1.807, 2.05) is 79.7 Å². The number of hydrogen-bond acceptors (Lipinski definition) is 3. The summed E-state index contributed by atoms with van der Waals surface area (Å²) in [6, 6.07) is 26.4. The Morgan fingerprint density at radius 3 is 2.04 bits per heavy atom. The molecule has 0 aliphatic rings. The molecule has 3 aromatic rings. The number of sulfone groups is 1. The van der Waals surface area contributed by atoms with Gasteiger partial charge in [0.05, 0.1) is 9.80 Å². The summed E-state index contributed by atoms with van der Waals surface area (Å²) in [6.07, 6.45) is 1.77. The van der Waals surface area contributed by atoms with Gasteiger partial charge in [0.1, 0.15) is 0 Å². The Kier molecular flexibility index (Phi) is 5.96. The minimum absolute atomic E-state index is 0.332. The third-order valence-electron chi connectivity index (χ3n) is 3.93. The molecule has 0 radical (unpaired) electrons. The normalized spacial score (nSPS) is 12.1. The number of rotatable bonds is 6. The highest BCUT2D eigenvalue weighted by atomic mass is 32.2. The summed E-state index contributed by atoms with van der Waals surface area (Å²) >= 11 is 1.53. The molecular formula is C22H20O2S2. The van der Waals surface area contributed by atoms with Crippen LogP contribution in [0.4, 0.5) is 0 Å². The van der Waals surface area contributed by atoms with E-state index in [4.69, 9.17) is 0 Å². The molecule has 132 valence electrons. The van der Waals surface area contributed by atoms with Crippen molar-refractivity contribution in [2.45, 2.75) is 16.7 Å².